The van der Waals surface area contributed by atoms with Gasteiger partial charge in [0, 0.05) is 18.5 Å². The van der Waals surface area contributed by atoms with Crippen LogP contribution < -0.4 is 10.6 Å². The molecule has 21 heavy (non-hydrogen) atoms. The van der Waals surface area contributed by atoms with Gasteiger partial charge in [0.2, 0.25) is 5.91 Å². The van der Waals surface area contributed by atoms with Gasteiger partial charge in [-0.3, -0.25) is 9.78 Å². The lowest BCUT2D eigenvalue weighted by atomic mass is 10.1. The summed E-state index contributed by atoms with van der Waals surface area (Å²) in [5.74, 6) is -0.173. The molecule has 1 aromatic heterocycles. The van der Waals surface area contributed by atoms with Gasteiger partial charge in [0.1, 0.15) is 6.61 Å². The molecular weight excluding hydrogens is 266 g/mol. The topological polar surface area (TPSA) is 63.2 Å². The first-order chi connectivity index (χ1) is 10.3. The number of pyridine rings is 1. The van der Waals surface area contributed by atoms with E-state index in [1.807, 2.05) is 31.2 Å². The van der Waals surface area contributed by atoms with Gasteiger partial charge in [-0.1, -0.05) is 25.1 Å². The highest BCUT2D eigenvalue weighted by Gasteiger charge is 2.11. The summed E-state index contributed by atoms with van der Waals surface area (Å²) in [6.07, 6.45) is 2.69. The highest BCUT2D eigenvalue weighted by Crippen LogP contribution is 2.29. The Bertz CT molecular complexity index is 613. The number of nitrogens with one attached hydrogen (secondary N) is 2. The summed E-state index contributed by atoms with van der Waals surface area (Å²) in [5.41, 5.74) is 2.50. The van der Waals surface area contributed by atoms with E-state index in [0.29, 0.717) is 12.3 Å². The number of hydrogen-bond donors (Lipinski definition) is 2. The van der Waals surface area contributed by atoms with E-state index in [0.717, 1.165) is 29.6 Å². The van der Waals surface area contributed by atoms with Crippen molar-refractivity contribution in [2.45, 2.75) is 20.3 Å². The second-order valence-electron chi connectivity index (χ2n) is 4.68. The molecule has 2 N–H and O–H groups in total. The minimum absolute atomic E-state index is 0.0521. The van der Waals surface area contributed by atoms with Gasteiger partial charge in [-0.15, -0.1) is 0 Å². The molecule has 0 bridgehead atoms. The van der Waals surface area contributed by atoms with Crippen molar-refractivity contribution in [1.29, 1.82) is 0 Å². The van der Waals surface area contributed by atoms with Gasteiger partial charge in [0.15, 0.2) is 0 Å². The van der Waals surface area contributed by atoms with E-state index in [-0.39, 0.29) is 12.5 Å². The Kier molecular flexibility index (Phi) is 5.51. The van der Waals surface area contributed by atoms with Gasteiger partial charge >= 0.3 is 0 Å². The summed E-state index contributed by atoms with van der Waals surface area (Å²) >= 11 is 0. The third-order valence-electron chi connectivity index (χ3n) is 3.04. The third-order valence-corrected chi connectivity index (χ3v) is 3.04. The van der Waals surface area contributed by atoms with E-state index in [2.05, 4.69) is 22.5 Å². The van der Waals surface area contributed by atoms with Crippen molar-refractivity contribution in [3.8, 4) is 0 Å². The number of para-hydroxylation sites is 1. The highest BCUT2D eigenvalue weighted by molar-refractivity contribution is 6.03. The van der Waals surface area contributed by atoms with Gasteiger partial charge in [0.25, 0.3) is 0 Å². The Morgan fingerprint density at radius 3 is 2.86 bits per heavy atom. The minimum Gasteiger partial charge on any atom is -0.383 e. The predicted octanol–water partition coefficient (Wildman–Crippen LogP) is 3.03. The summed E-state index contributed by atoms with van der Waals surface area (Å²) < 4.78 is 5.12. The van der Waals surface area contributed by atoms with Crippen LogP contribution in [0, 0.1) is 0 Å². The van der Waals surface area contributed by atoms with Gasteiger partial charge in [-0.2, -0.15) is 0 Å². The molecule has 0 fully saturated rings. The van der Waals surface area contributed by atoms with Crippen LogP contribution in [-0.2, 0) is 9.53 Å². The fraction of sp³-hybridized carbons (Fsp3) is 0.375. The van der Waals surface area contributed by atoms with E-state index in [9.17, 15) is 4.79 Å². The van der Waals surface area contributed by atoms with E-state index in [4.69, 9.17) is 4.74 Å². The first kappa shape index (κ1) is 15.3. The molecule has 0 saturated heterocycles. The molecule has 0 atom stereocenters. The van der Waals surface area contributed by atoms with Gasteiger partial charge < -0.3 is 15.4 Å². The van der Waals surface area contributed by atoms with Crippen molar-refractivity contribution in [2.75, 3.05) is 30.4 Å². The van der Waals surface area contributed by atoms with Crippen LogP contribution in [0.15, 0.2) is 30.5 Å². The van der Waals surface area contributed by atoms with Crippen LogP contribution in [0.4, 0.5) is 11.4 Å². The molecule has 0 saturated carbocycles. The molecule has 0 radical (unpaired) electrons. The number of rotatable bonds is 7. The summed E-state index contributed by atoms with van der Waals surface area (Å²) in [4.78, 5) is 16.2. The zero-order valence-corrected chi connectivity index (χ0v) is 12.5. The summed E-state index contributed by atoms with van der Waals surface area (Å²) in [5, 5.41) is 7.23. The van der Waals surface area contributed by atoms with Crippen LogP contribution in [0.5, 0.6) is 0 Å². The van der Waals surface area contributed by atoms with Gasteiger partial charge in [-0.05, 0) is 19.4 Å². The number of amides is 1. The van der Waals surface area contributed by atoms with Crippen molar-refractivity contribution < 1.29 is 9.53 Å². The number of benzene rings is 1. The molecule has 5 nitrogen and oxygen atoms in total. The number of aromatic nitrogens is 1. The normalized spacial score (nSPS) is 10.6. The van der Waals surface area contributed by atoms with Gasteiger partial charge in [-0.25, -0.2) is 0 Å². The molecule has 2 rings (SSSR count). The molecule has 1 aromatic carbocycles. The van der Waals surface area contributed by atoms with Crippen molar-refractivity contribution >= 4 is 28.2 Å². The van der Waals surface area contributed by atoms with Crippen LogP contribution in [0.1, 0.15) is 20.3 Å². The van der Waals surface area contributed by atoms with Gasteiger partial charge in [0.05, 0.1) is 23.1 Å². The number of carbonyl (C=O) groups is 1. The Hall–Kier alpha value is -2.14. The number of carbonyl (C=O) groups excluding carboxylic acids is 1. The molecule has 0 aliphatic heterocycles. The molecule has 112 valence electrons. The highest BCUT2D eigenvalue weighted by atomic mass is 16.5. The summed E-state index contributed by atoms with van der Waals surface area (Å²) in [7, 11) is 0. The van der Waals surface area contributed by atoms with Crippen molar-refractivity contribution in [3.63, 3.8) is 0 Å². The van der Waals surface area contributed by atoms with Crippen molar-refractivity contribution in [2.24, 2.45) is 0 Å². The largest absolute Gasteiger partial charge is 0.383 e. The zero-order chi connectivity index (χ0) is 15.1. The van der Waals surface area contributed by atoms with Crippen LogP contribution >= 0.6 is 0 Å². The SMILES string of the molecule is CCCNc1c(NC(=O)COCC)cnc2ccccc12. The fourth-order valence-electron chi connectivity index (χ4n) is 2.06. The standard InChI is InChI=1S/C16H21N3O2/c1-3-9-17-16-12-7-5-6-8-13(12)18-10-14(16)19-15(20)11-21-4-2/h5-8,10H,3-4,9,11H2,1-2H3,(H,17,18)(H,19,20). The molecule has 0 aliphatic rings. The Morgan fingerprint density at radius 2 is 2.10 bits per heavy atom. The maximum absolute atomic E-state index is 11.8. The van der Waals surface area contributed by atoms with Crippen LogP contribution in [0.3, 0.4) is 0 Å². The molecular formula is C16H21N3O2. The van der Waals surface area contributed by atoms with E-state index < -0.39 is 0 Å². The molecule has 5 heteroatoms. The Balaban J connectivity index is 2.30. The Labute approximate surface area is 124 Å². The number of fused-ring (bicyclic) bond motifs is 1. The third kappa shape index (κ3) is 3.92. The Morgan fingerprint density at radius 1 is 1.29 bits per heavy atom. The lowest BCUT2D eigenvalue weighted by molar-refractivity contribution is -0.120. The van der Waals surface area contributed by atoms with Crippen molar-refractivity contribution in [3.05, 3.63) is 30.5 Å². The monoisotopic (exact) mass is 287 g/mol. The fourth-order valence-corrected chi connectivity index (χ4v) is 2.06. The molecule has 0 spiro atoms. The van der Waals surface area contributed by atoms with Crippen LogP contribution in [0.25, 0.3) is 10.9 Å². The number of nitrogens with zero attached hydrogens (tertiary/aromatic N) is 1. The van der Waals surface area contributed by atoms with Crippen molar-refractivity contribution in [1.82, 2.24) is 4.98 Å². The number of ether oxygens (including phenoxy) is 1. The van der Waals surface area contributed by atoms with E-state index in [1.54, 1.807) is 6.20 Å². The maximum atomic E-state index is 11.8. The van der Waals surface area contributed by atoms with E-state index >= 15 is 0 Å². The molecule has 1 amide bonds. The smallest absolute Gasteiger partial charge is 0.250 e. The maximum Gasteiger partial charge on any atom is 0.250 e. The average molecular weight is 287 g/mol. The number of anilines is 2. The molecule has 0 aliphatic carbocycles. The first-order valence-corrected chi connectivity index (χ1v) is 7.25. The molecule has 0 unspecified atom stereocenters. The first-order valence-electron chi connectivity index (χ1n) is 7.25. The lowest BCUT2D eigenvalue weighted by Gasteiger charge is -2.15. The molecule has 2 aromatic rings. The van der Waals surface area contributed by atoms with Crippen LogP contribution in [0.2, 0.25) is 0 Å². The second kappa shape index (κ2) is 7.59. The lowest BCUT2D eigenvalue weighted by Crippen LogP contribution is -2.19. The van der Waals surface area contributed by atoms with Crippen LogP contribution in [-0.4, -0.2) is 30.6 Å². The zero-order valence-electron chi connectivity index (χ0n) is 12.5. The summed E-state index contributed by atoms with van der Waals surface area (Å²) in [6, 6.07) is 7.87. The average Bonchev–Trinajstić information content (AvgIpc) is 2.51. The number of hydrogen-bond acceptors (Lipinski definition) is 4. The quantitative estimate of drug-likeness (QED) is 0.821. The molecule has 1 heterocycles. The van der Waals surface area contributed by atoms with E-state index in [1.165, 1.54) is 0 Å². The minimum atomic E-state index is -0.173. The second-order valence-corrected chi connectivity index (χ2v) is 4.68. The summed E-state index contributed by atoms with van der Waals surface area (Å²) in [6.45, 7) is 5.37. The predicted molar refractivity (Wildman–Crippen MR) is 85.6 cm³/mol.